The van der Waals surface area contributed by atoms with Crippen LogP contribution in [0.2, 0.25) is 0 Å². The molecule has 0 unspecified atom stereocenters. The summed E-state index contributed by atoms with van der Waals surface area (Å²) in [6.45, 7) is 16.2. The van der Waals surface area contributed by atoms with Gasteiger partial charge in [0.2, 0.25) is 0 Å². The molecular formula is C29H42O5. The van der Waals surface area contributed by atoms with Crippen LogP contribution < -0.4 is 0 Å². The molecule has 1 spiro atoms. The van der Waals surface area contributed by atoms with Crippen LogP contribution in [0.5, 0.6) is 0 Å². The van der Waals surface area contributed by atoms with Gasteiger partial charge in [0.15, 0.2) is 5.60 Å². The van der Waals surface area contributed by atoms with Crippen molar-refractivity contribution in [1.29, 1.82) is 0 Å². The first-order valence-corrected chi connectivity index (χ1v) is 13.8. The quantitative estimate of drug-likeness (QED) is 0.314. The Morgan fingerprint density at radius 3 is 2.47 bits per heavy atom. The Bertz CT molecular complexity index is 993. The second-order valence-electron chi connectivity index (χ2n) is 14.3. The Labute approximate surface area is 203 Å². The molecule has 34 heavy (non-hydrogen) atoms. The molecule has 5 heteroatoms. The third-order valence-electron chi connectivity index (χ3n) is 13.7. The van der Waals surface area contributed by atoms with E-state index < -0.39 is 17.8 Å². The van der Waals surface area contributed by atoms with Crippen LogP contribution >= 0.6 is 0 Å². The summed E-state index contributed by atoms with van der Waals surface area (Å²) < 4.78 is 13.5. The van der Waals surface area contributed by atoms with E-state index in [2.05, 4.69) is 41.2 Å². The second kappa shape index (κ2) is 6.14. The molecule has 2 bridgehead atoms. The average molecular weight is 471 g/mol. The number of epoxide rings is 1. The lowest BCUT2D eigenvalue weighted by Crippen LogP contribution is -2.75. The van der Waals surface area contributed by atoms with Gasteiger partial charge in [-0.1, -0.05) is 41.2 Å². The molecule has 0 radical (unpaired) electrons. The van der Waals surface area contributed by atoms with Gasteiger partial charge in [0.1, 0.15) is 12.2 Å². The number of ether oxygens (including phenoxy) is 2. The monoisotopic (exact) mass is 470 g/mol. The van der Waals surface area contributed by atoms with E-state index in [0.29, 0.717) is 18.3 Å². The number of carbonyl (C=O) groups is 1. The van der Waals surface area contributed by atoms with Gasteiger partial charge >= 0.3 is 5.97 Å². The highest BCUT2D eigenvalue weighted by molar-refractivity contribution is 5.82. The summed E-state index contributed by atoms with van der Waals surface area (Å²) in [6, 6.07) is 0. The molecular weight excluding hydrogens is 428 g/mol. The standard InChI is InChI=1S/C29H42O5/c1-14-7-10-28-12-11-27(6)26(5)9-8-17-16(3)19(31)18(30)13-25(17,4)22(26)20-23(33-20)29(27,34-24(28)32)21(28)15(14)2/h14-15,17-23,30-31H,3,7-13H2,1-2,4-6H3/t14-,15+,17+,18-,19-,20-,21-,22-,23-,25+,26-,27+,28+,29-/m1/s1. The lowest BCUT2D eigenvalue weighted by molar-refractivity contribution is -0.266. The van der Waals surface area contributed by atoms with Crippen molar-refractivity contribution in [3.63, 3.8) is 0 Å². The zero-order valence-electron chi connectivity index (χ0n) is 21.5. The smallest absolute Gasteiger partial charge is 0.313 e. The van der Waals surface area contributed by atoms with Gasteiger partial charge in [0, 0.05) is 11.3 Å². The van der Waals surface area contributed by atoms with E-state index in [1.807, 2.05) is 0 Å². The summed E-state index contributed by atoms with van der Waals surface area (Å²) in [6.07, 6.45) is 4.95. The lowest BCUT2D eigenvalue weighted by atomic mass is 9.31. The summed E-state index contributed by atoms with van der Waals surface area (Å²) in [5.74, 6) is 1.74. The fourth-order valence-corrected chi connectivity index (χ4v) is 11.7. The summed E-state index contributed by atoms with van der Waals surface area (Å²) in [7, 11) is 0. The zero-order valence-corrected chi connectivity index (χ0v) is 21.5. The van der Waals surface area contributed by atoms with Crippen LogP contribution in [-0.2, 0) is 14.3 Å². The molecule has 0 amide bonds. The Morgan fingerprint density at radius 1 is 1.00 bits per heavy atom. The van der Waals surface area contributed by atoms with Gasteiger partial charge in [-0.05, 0) is 85.0 Å². The third-order valence-corrected chi connectivity index (χ3v) is 13.7. The van der Waals surface area contributed by atoms with Gasteiger partial charge < -0.3 is 19.7 Å². The summed E-state index contributed by atoms with van der Waals surface area (Å²) in [5, 5.41) is 21.5. The molecule has 2 aliphatic heterocycles. The maximum atomic E-state index is 13.7. The van der Waals surface area contributed by atoms with Crippen LogP contribution in [0.4, 0.5) is 0 Å². The molecule has 2 heterocycles. The topological polar surface area (TPSA) is 79.3 Å². The van der Waals surface area contributed by atoms with E-state index in [1.54, 1.807) is 0 Å². The number of carbonyl (C=O) groups excluding carboxylic acids is 1. The summed E-state index contributed by atoms with van der Waals surface area (Å²) in [5.41, 5.74) is -0.504. The molecule has 0 aromatic heterocycles. The van der Waals surface area contributed by atoms with Crippen molar-refractivity contribution in [2.75, 3.05) is 0 Å². The number of hydrogen-bond acceptors (Lipinski definition) is 5. The number of rotatable bonds is 0. The molecule has 2 N–H and O–H groups in total. The van der Waals surface area contributed by atoms with Gasteiger partial charge in [-0.15, -0.1) is 0 Å². The molecule has 188 valence electrons. The summed E-state index contributed by atoms with van der Waals surface area (Å²) >= 11 is 0. The molecule has 0 aromatic rings. The fourth-order valence-electron chi connectivity index (χ4n) is 11.7. The van der Waals surface area contributed by atoms with Crippen molar-refractivity contribution in [2.24, 2.45) is 51.2 Å². The first-order chi connectivity index (χ1) is 15.9. The fraction of sp³-hybridized carbons (Fsp3) is 0.897. The predicted octanol–water partition coefficient (Wildman–Crippen LogP) is 4.25. The number of aliphatic hydroxyl groups excluding tert-OH is 2. The van der Waals surface area contributed by atoms with Crippen molar-refractivity contribution in [3.05, 3.63) is 12.2 Å². The molecule has 5 saturated carbocycles. The highest BCUT2D eigenvalue weighted by atomic mass is 16.6. The highest BCUT2D eigenvalue weighted by Crippen LogP contribution is 2.83. The molecule has 14 atom stereocenters. The van der Waals surface area contributed by atoms with Crippen molar-refractivity contribution < 1.29 is 24.5 Å². The molecule has 7 rings (SSSR count). The largest absolute Gasteiger partial charge is 0.455 e. The van der Waals surface area contributed by atoms with E-state index in [4.69, 9.17) is 9.47 Å². The van der Waals surface area contributed by atoms with Crippen molar-refractivity contribution >= 4 is 5.97 Å². The third kappa shape index (κ3) is 2.02. The number of hydrogen-bond donors (Lipinski definition) is 2. The van der Waals surface area contributed by atoms with Crippen LogP contribution in [0, 0.1) is 51.2 Å². The molecule has 2 saturated heterocycles. The lowest BCUT2D eigenvalue weighted by Gasteiger charge is -2.71. The highest BCUT2D eigenvalue weighted by Gasteiger charge is 2.89. The first-order valence-electron chi connectivity index (χ1n) is 13.8. The van der Waals surface area contributed by atoms with Crippen LogP contribution in [0.3, 0.4) is 0 Å². The minimum Gasteiger partial charge on any atom is -0.455 e. The predicted molar refractivity (Wildman–Crippen MR) is 127 cm³/mol. The number of fused-ring (bicyclic) bond motifs is 6. The van der Waals surface area contributed by atoms with Crippen molar-refractivity contribution in [2.45, 2.75) is 110 Å². The van der Waals surface area contributed by atoms with E-state index in [-0.39, 0.29) is 57.6 Å². The Morgan fingerprint density at radius 2 is 1.74 bits per heavy atom. The average Bonchev–Trinajstić information content (AvgIpc) is 3.52. The van der Waals surface area contributed by atoms with Crippen molar-refractivity contribution in [3.8, 4) is 0 Å². The molecule has 7 fully saturated rings. The van der Waals surface area contributed by atoms with Gasteiger partial charge in [-0.2, -0.15) is 0 Å². The van der Waals surface area contributed by atoms with Gasteiger partial charge in [0.25, 0.3) is 0 Å². The second-order valence-corrected chi connectivity index (χ2v) is 14.3. The van der Waals surface area contributed by atoms with Crippen molar-refractivity contribution in [1.82, 2.24) is 0 Å². The Balaban J connectivity index is 1.40. The first kappa shape index (κ1) is 22.3. The Kier molecular flexibility index (Phi) is 4.03. The van der Waals surface area contributed by atoms with Gasteiger partial charge in [-0.25, -0.2) is 0 Å². The van der Waals surface area contributed by atoms with Crippen LogP contribution in [0.1, 0.15) is 79.6 Å². The van der Waals surface area contributed by atoms with Crippen LogP contribution in [-0.4, -0.2) is 46.2 Å². The van der Waals surface area contributed by atoms with Gasteiger partial charge in [-0.3, -0.25) is 4.79 Å². The minimum absolute atomic E-state index is 0.0484. The van der Waals surface area contributed by atoms with Crippen LogP contribution in [0.15, 0.2) is 12.2 Å². The molecule has 7 aliphatic rings. The van der Waals surface area contributed by atoms with E-state index >= 15 is 0 Å². The molecule has 0 aromatic carbocycles. The van der Waals surface area contributed by atoms with E-state index in [9.17, 15) is 15.0 Å². The van der Waals surface area contributed by atoms with E-state index in [1.165, 1.54) is 0 Å². The number of aliphatic hydroxyl groups is 2. The summed E-state index contributed by atoms with van der Waals surface area (Å²) in [4.78, 5) is 13.7. The minimum atomic E-state index is -0.834. The van der Waals surface area contributed by atoms with Gasteiger partial charge in [0.05, 0.1) is 17.6 Å². The van der Waals surface area contributed by atoms with E-state index in [0.717, 1.165) is 44.1 Å². The maximum Gasteiger partial charge on any atom is 0.313 e. The SMILES string of the molecule is C=C1[C@@H](O)[C@H](O)C[C@]2(C)[C@H]3[C@H]4O[C@H]4[C@]45OC(=O)[C@@]6(CC[C@@H](C)[C@H](C)[C@H]64)CC[C@@]5(C)[C@]3(C)CC[C@@H]12. The Hall–Kier alpha value is -0.910. The van der Waals surface area contributed by atoms with Crippen LogP contribution in [0.25, 0.3) is 0 Å². The molecule has 5 aliphatic carbocycles. The zero-order chi connectivity index (χ0) is 24.2. The maximum absolute atomic E-state index is 13.7. The molecule has 5 nitrogen and oxygen atoms in total. The number of esters is 1. The normalized spacial score (nSPS) is 65.8.